The van der Waals surface area contributed by atoms with Crippen LogP contribution >= 0.6 is 0 Å². The lowest BCUT2D eigenvalue weighted by molar-refractivity contribution is 0.152. The summed E-state index contributed by atoms with van der Waals surface area (Å²) in [5, 5.41) is 12.8. The monoisotopic (exact) mass is 208 g/mol. The van der Waals surface area contributed by atoms with Crippen LogP contribution in [0.15, 0.2) is 18.3 Å². The van der Waals surface area contributed by atoms with Crippen molar-refractivity contribution in [2.24, 2.45) is 5.92 Å². The van der Waals surface area contributed by atoms with Crippen molar-refractivity contribution in [3.63, 3.8) is 0 Å². The zero-order valence-electron chi connectivity index (χ0n) is 9.08. The Morgan fingerprint density at radius 3 is 3.00 bits per heavy atom. The summed E-state index contributed by atoms with van der Waals surface area (Å²) < 4.78 is 0. The van der Waals surface area contributed by atoms with E-state index < -0.39 is 0 Å². The van der Waals surface area contributed by atoms with E-state index >= 15 is 0 Å². The Bertz CT molecular complexity index is 271. The van der Waals surface area contributed by atoms with Gasteiger partial charge in [-0.1, -0.05) is 12.8 Å². The zero-order chi connectivity index (χ0) is 10.5. The van der Waals surface area contributed by atoms with Crippen LogP contribution in [0.3, 0.4) is 0 Å². The largest absolute Gasteiger partial charge is 0.396 e. The molecule has 3 N–H and O–H groups in total. The van der Waals surface area contributed by atoms with E-state index in [1.54, 1.807) is 0 Å². The van der Waals surface area contributed by atoms with Crippen LogP contribution < -0.4 is 5.32 Å². The van der Waals surface area contributed by atoms with E-state index in [2.05, 4.69) is 16.4 Å². The minimum atomic E-state index is 0.322. The van der Waals surface area contributed by atoms with Gasteiger partial charge in [-0.25, -0.2) is 0 Å². The first-order valence-corrected chi connectivity index (χ1v) is 5.86. The maximum absolute atomic E-state index is 9.27. The highest BCUT2D eigenvalue weighted by molar-refractivity contribution is 5.03. The smallest absolute Gasteiger partial charge is 0.0474 e. The lowest BCUT2D eigenvalue weighted by Crippen LogP contribution is -2.39. The quantitative estimate of drug-likeness (QED) is 0.704. The molecule has 2 atom stereocenters. The number of aromatic amines is 1. The van der Waals surface area contributed by atoms with Crippen LogP contribution in [0.25, 0.3) is 0 Å². The van der Waals surface area contributed by atoms with Gasteiger partial charge in [-0.15, -0.1) is 0 Å². The van der Waals surface area contributed by atoms with Gasteiger partial charge in [-0.2, -0.15) is 0 Å². The van der Waals surface area contributed by atoms with Crippen LogP contribution in [0.2, 0.25) is 0 Å². The first kappa shape index (κ1) is 10.7. The van der Waals surface area contributed by atoms with Crippen molar-refractivity contribution in [3.8, 4) is 0 Å². The molecule has 1 aromatic heterocycles. The van der Waals surface area contributed by atoms with Crippen LogP contribution in [0, 0.1) is 5.92 Å². The number of aliphatic hydroxyl groups is 1. The summed E-state index contributed by atoms with van der Waals surface area (Å²) >= 11 is 0. The molecule has 3 nitrogen and oxygen atoms in total. The molecule has 1 aliphatic rings. The predicted octanol–water partition coefficient (Wildman–Crippen LogP) is 1.66. The van der Waals surface area contributed by atoms with E-state index in [1.807, 2.05) is 12.3 Å². The van der Waals surface area contributed by atoms with Gasteiger partial charge in [-0.3, -0.25) is 0 Å². The van der Waals surface area contributed by atoms with Crippen molar-refractivity contribution < 1.29 is 5.11 Å². The summed E-state index contributed by atoms with van der Waals surface area (Å²) in [6, 6.07) is 4.60. The van der Waals surface area contributed by atoms with Crippen LogP contribution in [0.4, 0.5) is 0 Å². The molecule has 1 heterocycles. The number of aliphatic hydroxyl groups excluding tert-OH is 1. The molecule has 3 heteroatoms. The van der Waals surface area contributed by atoms with E-state index in [1.165, 1.54) is 31.4 Å². The van der Waals surface area contributed by atoms with E-state index in [-0.39, 0.29) is 0 Å². The second-order valence-electron chi connectivity index (χ2n) is 4.41. The van der Waals surface area contributed by atoms with Gasteiger partial charge in [0.25, 0.3) is 0 Å². The number of hydrogen-bond acceptors (Lipinski definition) is 2. The van der Waals surface area contributed by atoms with E-state index in [9.17, 15) is 5.11 Å². The Morgan fingerprint density at radius 1 is 1.40 bits per heavy atom. The van der Waals surface area contributed by atoms with Crippen LogP contribution in [0.5, 0.6) is 0 Å². The summed E-state index contributed by atoms with van der Waals surface area (Å²) in [4.78, 5) is 3.18. The fourth-order valence-corrected chi connectivity index (χ4v) is 2.41. The van der Waals surface area contributed by atoms with Crippen LogP contribution in [0.1, 0.15) is 31.4 Å². The average Bonchev–Trinajstić information content (AvgIpc) is 2.79. The van der Waals surface area contributed by atoms with Gasteiger partial charge in [0, 0.05) is 31.1 Å². The maximum Gasteiger partial charge on any atom is 0.0474 e. The molecule has 1 aromatic rings. The molecule has 1 saturated carbocycles. The summed E-state index contributed by atoms with van der Waals surface area (Å²) in [6.07, 6.45) is 6.87. The third-order valence-electron chi connectivity index (χ3n) is 3.36. The molecular weight excluding hydrogens is 188 g/mol. The van der Waals surface area contributed by atoms with Crippen molar-refractivity contribution in [2.45, 2.75) is 38.3 Å². The molecule has 1 aliphatic carbocycles. The topological polar surface area (TPSA) is 48.0 Å². The highest BCUT2D eigenvalue weighted by Crippen LogP contribution is 2.24. The molecule has 0 aromatic carbocycles. The second kappa shape index (κ2) is 5.33. The minimum absolute atomic E-state index is 0.322. The Kier molecular flexibility index (Phi) is 3.80. The number of rotatable bonds is 4. The van der Waals surface area contributed by atoms with E-state index in [4.69, 9.17) is 0 Å². The van der Waals surface area contributed by atoms with Crippen LogP contribution in [-0.4, -0.2) is 22.7 Å². The molecule has 0 amide bonds. The highest BCUT2D eigenvalue weighted by Gasteiger charge is 2.23. The fourth-order valence-electron chi connectivity index (χ4n) is 2.41. The first-order chi connectivity index (χ1) is 7.40. The van der Waals surface area contributed by atoms with Crippen molar-refractivity contribution in [1.82, 2.24) is 10.3 Å². The minimum Gasteiger partial charge on any atom is -0.396 e. The number of H-pyrrole nitrogens is 1. The zero-order valence-corrected chi connectivity index (χ0v) is 9.08. The molecule has 0 spiro atoms. The van der Waals surface area contributed by atoms with Crippen molar-refractivity contribution >= 4 is 0 Å². The standard InChI is InChI=1S/C12H20N2O/c15-9-10-4-1-2-6-12(10)14-8-11-5-3-7-13-11/h3,5,7,10,12-15H,1-2,4,6,8-9H2. The molecule has 15 heavy (non-hydrogen) atoms. The Morgan fingerprint density at radius 2 is 2.27 bits per heavy atom. The highest BCUT2D eigenvalue weighted by atomic mass is 16.3. The Labute approximate surface area is 90.9 Å². The Balaban J connectivity index is 1.81. The SMILES string of the molecule is OCC1CCCCC1NCc1ccc[nH]1. The molecule has 84 valence electrons. The van der Waals surface area contributed by atoms with Gasteiger partial charge in [0.1, 0.15) is 0 Å². The number of aromatic nitrogens is 1. The molecule has 2 unspecified atom stereocenters. The second-order valence-corrected chi connectivity index (χ2v) is 4.41. The van der Waals surface area contributed by atoms with Gasteiger partial charge in [0.05, 0.1) is 0 Å². The average molecular weight is 208 g/mol. The third-order valence-corrected chi connectivity index (χ3v) is 3.36. The third kappa shape index (κ3) is 2.83. The van der Waals surface area contributed by atoms with Gasteiger partial charge in [-0.05, 0) is 30.9 Å². The fraction of sp³-hybridized carbons (Fsp3) is 0.667. The van der Waals surface area contributed by atoms with Gasteiger partial charge < -0.3 is 15.4 Å². The summed E-state index contributed by atoms with van der Waals surface area (Å²) in [5.41, 5.74) is 1.22. The Hall–Kier alpha value is -0.800. The number of hydrogen-bond donors (Lipinski definition) is 3. The van der Waals surface area contributed by atoms with Crippen molar-refractivity contribution in [2.75, 3.05) is 6.61 Å². The molecule has 2 rings (SSSR count). The molecule has 0 radical (unpaired) electrons. The lowest BCUT2D eigenvalue weighted by atomic mass is 9.85. The number of nitrogens with one attached hydrogen (secondary N) is 2. The van der Waals surface area contributed by atoms with Crippen molar-refractivity contribution in [3.05, 3.63) is 24.0 Å². The van der Waals surface area contributed by atoms with E-state index in [0.717, 1.165) is 6.54 Å². The van der Waals surface area contributed by atoms with Gasteiger partial charge >= 0.3 is 0 Å². The van der Waals surface area contributed by atoms with Gasteiger partial charge in [0.2, 0.25) is 0 Å². The van der Waals surface area contributed by atoms with Crippen molar-refractivity contribution in [1.29, 1.82) is 0 Å². The first-order valence-electron chi connectivity index (χ1n) is 5.86. The van der Waals surface area contributed by atoms with E-state index in [0.29, 0.717) is 18.6 Å². The summed E-state index contributed by atoms with van der Waals surface area (Å²) in [5.74, 6) is 0.453. The molecular formula is C12H20N2O. The molecule has 0 bridgehead atoms. The summed E-state index contributed by atoms with van der Waals surface area (Å²) in [7, 11) is 0. The summed E-state index contributed by atoms with van der Waals surface area (Å²) in [6.45, 7) is 1.20. The maximum atomic E-state index is 9.27. The molecule has 1 fully saturated rings. The lowest BCUT2D eigenvalue weighted by Gasteiger charge is -2.30. The van der Waals surface area contributed by atoms with Crippen LogP contribution in [-0.2, 0) is 6.54 Å². The molecule has 0 aliphatic heterocycles. The molecule has 0 saturated heterocycles. The van der Waals surface area contributed by atoms with Gasteiger partial charge in [0.15, 0.2) is 0 Å². The normalized spacial score (nSPS) is 26.7. The predicted molar refractivity (Wildman–Crippen MR) is 60.5 cm³/mol.